The summed E-state index contributed by atoms with van der Waals surface area (Å²) in [6.45, 7) is -0.885. The van der Waals surface area contributed by atoms with E-state index in [1.54, 1.807) is 12.3 Å². The van der Waals surface area contributed by atoms with Crippen LogP contribution < -0.4 is 10.1 Å². The number of thiazole rings is 1. The summed E-state index contributed by atoms with van der Waals surface area (Å²) in [6, 6.07) is 9.37. The van der Waals surface area contributed by atoms with E-state index in [4.69, 9.17) is 4.74 Å². The highest BCUT2D eigenvalue weighted by Crippen LogP contribution is 2.27. The van der Waals surface area contributed by atoms with Gasteiger partial charge < -0.3 is 15.2 Å². The largest absolute Gasteiger partial charge is 0.491 e. The van der Waals surface area contributed by atoms with Gasteiger partial charge in [-0.25, -0.2) is 14.4 Å². The lowest BCUT2D eigenvalue weighted by atomic mass is 10.2. The molecular weight excluding hydrogens is 364 g/mol. The van der Waals surface area contributed by atoms with Crippen molar-refractivity contribution in [3.63, 3.8) is 0 Å². The Bertz CT molecular complexity index is 938. The molecule has 3 rings (SSSR count). The summed E-state index contributed by atoms with van der Waals surface area (Å²) >= 11 is 1.53. The maximum Gasteiger partial charge on any atom is 0.125 e. The van der Waals surface area contributed by atoms with Gasteiger partial charge in [0.15, 0.2) is 0 Å². The van der Waals surface area contributed by atoms with Crippen molar-refractivity contribution in [1.82, 2.24) is 9.97 Å². The van der Waals surface area contributed by atoms with Crippen LogP contribution in [-0.2, 0) is 0 Å². The molecule has 0 fully saturated rings. The summed E-state index contributed by atoms with van der Waals surface area (Å²) in [5.41, 5.74) is 1.88. The second kappa shape index (κ2) is 9.25. The quantitative estimate of drug-likeness (QED) is 0.571. The number of nitrogens with one attached hydrogen (secondary N) is 1. The predicted octanol–water partition coefficient (Wildman–Crippen LogP) is 4.17. The number of alkyl halides is 1. The highest BCUT2D eigenvalue weighted by atomic mass is 32.1. The molecule has 0 amide bonds. The first-order valence-electron chi connectivity index (χ1n) is 8.44. The van der Waals surface area contributed by atoms with Crippen LogP contribution in [0.25, 0.3) is 22.4 Å². The molecule has 0 aliphatic heterocycles. The second-order valence-corrected chi connectivity index (χ2v) is 6.81. The number of anilines is 1. The lowest BCUT2D eigenvalue weighted by Gasteiger charge is -2.08. The third-order valence-corrected chi connectivity index (χ3v) is 4.66. The summed E-state index contributed by atoms with van der Waals surface area (Å²) < 4.78 is 18.6. The Morgan fingerprint density at radius 3 is 2.85 bits per heavy atom. The van der Waals surface area contributed by atoms with E-state index in [0.29, 0.717) is 5.75 Å². The van der Waals surface area contributed by atoms with Crippen molar-refractivity contribution >= 4 is 39.5 Å². The Kier molecular flexibility index (Phi) is 6.51. The molecule has 1 aromatic carbocycles. The lowest BCUT2D eigenvalue weighted by Crippen LogP contribution is -2.19. The zero-order valence-electron chi connectivity index (χ0n) is 14.8. The molecule has 7 heteroatoms. The maximum atomic E-state index is 12.3. The predicted molar refractivity (Wildman–Crippen MR) is 109 cm³/mol. The zero-order valence-corrected chi connectivity index (χ0v) is 15.6. The van der Waals surface area contributed by atoms with E-state index in [0.717, 1.165) is 26.6 Å². The molecule has 2 aromatic heterocycles. The van der Waals surface area contributed by atoms with E-state index in [2.05, 4.69) is 15.3 Å². The molecule has 1 unspecified atom stereocenters. The number of pyridine rings is 1. The minimum Gasteiger partial charge on any atom is -0.491 e. The summed E-state index contributed by atoms with van der Waals surface area (Å²) in [6.07, 6.45) is 8.47. The molecule has 0 aliphatic rings. The first-order chi connectivity index (χ1) is 13.2. The monoisotopic (exact) mass is 384 g/mol. The number of fused-ring (bicyclic) bond motifs is 1. The summed E-state index contributed by atoms with van der Waals surface area (Å²) in [7, 11) is 1.83. The molecule has 2 N–H and O–H groups in total. The van der Waals surface area contributed by atoms with Crippen LogP contribution in [0.5, 0.6) is 5.75 Å². The number of benzene rings is 1. The first kappa shape index (κ1) is 19.0. The Morgan fingerprint density at radius 1 is 1.26 bits per heavy atom. The van der Waals surface area contributed by atoms with Crippen LogP contribution >= 0.6 is 11.3 Å². The van der Waals surface area contributed by atoms with E-state index in [1.165, 1.54) is 11.3 Å². The number of aromatic nitrogens is 2. The Balaban J connectivity index is 1.63. The van der Waals surface area contributed by atoms with Gasteiger partial charge in [0.25, 0.3) is 0 Å². The molecule has 1 atom stereocenters. The highest BCUT2D eigenvalue weighted by Gasteiger charge is 2.06. The van der Waals surface area contributed by atoms with E-state index in [9.17, 15) is 9.50 Å². The van der Waals surface area contributed by atoms with Gasteiger partial charge >= 0.3 is 0 Å². The normalized spacial score (nSPS) is 12.9. The third kappa shape index (κ3) is 5.35. The van der Waals surface area contributed by atoms with Crippen LogP contribution in [0.15, 0.2) is 48.7 Å². The van der Waals surface area contributed by atoms with Gasteiger partial charge in [-0.15, -0.1) is 11.3 Å². The van der Waals surface area contributed by atoms with Crippen LogP contribution in [0.1, 0.15) is 10.6 Å². The van der Waals surface area contributed by atoms with Gasteiger partial charge in [0, 0.05) is 13.2 Å². The van der Waals surface area contributed by atoms with Gasteiger partial charge in [0.2, 0.25) is 0 Å². The molecule has 140 valence electrons. The number of hydrogen-bond acceptors (Lipinski definition) is 6. The van der Waals surface area contributed by atoms with Crippen molar-refractivity contribution in [2.24, 2.45) is 0 Å². The summed E-state index contributed by atoms with van der Waals surface area (Å²) in [5, 5.41) is 13.1. The topological polar surface area (TPSA) is 67.3 Å². The molecule has 0 spiro atoms. The van der Waals surface area contributed by atoms with Crippen LogP contribution in [0.2, 0.25) is 0 Å². The number of rotatable bonds is 8. The number of halogens is 1. The molecule has 0 radical (unpaired) electrons. The average molecular weight is 384 g/mol. The average Bonchev–Trinajstić information content (AvgIpc) is 3.11. The minimum atomic E-state index is -1.10. The van der Waals surface area contributed by atoms with Gasteiger partial charge in [0.1, 0.15) is 36.0 Å². The molecule has 27 heavy (non-hydrogen) atoms. The van der Waals surface area contributed by atoms with E-state index in [1.807, 2.05) is 55.6 Å². The van der Waals surface area contributed by atoms with Gasteiger partial charge in [-0.1, -0.05) is 18.2 Å². The van der Waals surface area contributed by atoms with Crippen molar-refractivity contribution in [1.29, 1.82) is 0 Å². The zero-order chi connectivity index (χ0) is 19.1. The number of allylic oxidation sites excluding steroid dienone is 2. The van der Waals surface area contributed by atoms with E-state index >= 15 is 0 Å². The number of aliphatic hydroxyl groups excluding tert-OH is 1. The number of ether oxygens (including phenoxy) is 1. The fraction of sp³-hybridized carbons (Fsp3) is 0.200. The standard InChI is InChI=1S/C20H20FN3O2S/c1-22-19-9-6-14(12-23-19)4-2-3-5-20-24-17-8-7-16(10-18(17)27-20)26-13-15(25)11-21/h2-10,12,15,25H,11,13H2,1H3,(H,22,23)/b4-2+,5-3+/i21-1. The second-order valence-electron chi connectivity index (χ2n) is 5.75. The van der Waals surface area contributed by atoms with E-state index in [-0.39, 0.29) is 6.61 Å². The van der Waals surface area contributed by atoms with Crippen LogP contribution in [0.4, 0.5) is 10.2 Å². The fourth-order valence-electron chi connectivity index (χ4n) is 2.28. The number of aliphatic hydroxyl groups is 1. The minimum absolute atomic E-state index is 0.0669. The van der Waals surface area contributed by atoms with Crippen molar-refractivity contribution in [2.45, 2.75) is 6.10 Å². The highest BCUT2D eigenvalue weighted by molar-refractivity contribution is 7.19. The molecule has 0 bridgehead atoms. The van der Waals surface area contributed by atoms with Crippen molar-refractivity contribution in [3.8, 4) is 5.75 Å². The summed E-state index contributed by atoms with van der Waals surface area (Å²) in [4.78, 5) is 8.80. The van der Waals surface area contributed by atoms with Gasteiger partial charge in [-0.3, -0.25) is 0 Å². The Hall–Kier alpha value is -2.77. The fourth-order valence-corrected chi connectivity index (χ4v) is 3.19. The first-order valence-corrected chi connectivity index (χ1v) is 9.25. The molecular formula is C20H20FN3O2S. The maximum absolute atomic E-state index is 12.3. The molecule has 2 heterocycles. The van der Waals surface area contributed by atoms with Crippen LogP contribution in [-0.4, -0.2) is 41.5 Å². The number of hydrogen-bond donors (Lipinski definition) is 2. The molecule has 3 aromatic rings. The summed E-state index contributed by atoms with van der Waals surface area (Å²) in [5.74, 6) is 1.42. The van der Waals surface area contributed by atoms with Crippen LogP contribution in [0, 0.1) is 0 Å². The van der Waals surface area contributed by atoms with Crippen LogP contribution in [0.3, 0.4) is 0 Å². The smallest absolute Gasteiger partial charge is 0.125 e. The third-order valence-electron chi connectivity index (χ3n) is 3.68. The van der Waals surface area contributed by atoms with Gasteiger partial charge in [-0.2, -0.15) is 0 Å². The molecule has 0 aliphatic carbocycles. The molecule has 0 saturated carbocycles. The van der Waals surface area contributed by atoms with E-state index < -0.39 is 12.8 Å². The van der Waals surface area contributed by atoms with Crippen molar-refractivity contribution < 1.29 is 14.2 Å². The SMILES string of the molecule is CNc1ccc(/C=C/C=C/c2nc3ccc(OCC(O)C[18F])cc3s2)cn1. The Labute approximate surface area is 160 Å². The lowest BCUT2D eigenvalue weighted by molar-refractivity contribution is 0.0842. The molecule has 0 saturated heterocycles. The Morgan fingerprint density at radius 2 is 2.11 bits per heavy atom. The van der Waals surface area contributed by atoms with Gasteiger partial charge in [-0.05, 0) is 42.0 Å². The van der Waals surface area contributed by atoms with Gasteiger partial charge in [0.05, 0.1) is 10.2 Å². The van der Waals surface area contributed by atoms with Crippen molar-refractivity contribution in [3.05, 3.63) is 59.3 Å². The number of nitrogens with zero attached hydrogens (tertiary/aromatic N) is 2. The molecule has 5 nitrogen and oxygen atoms in total. The van der Waals surface area contributed by atoms with Crippen molar-refractivity contribution in [2.75, 3.05) is 25.6 Å².